The Balaban J connectivity index is 1.78. The highest BCUT2D eigenvalue weighted by molar-refractivity contribution is 5.98. The summed E-state index contributed by atoms with van der Waals surface area (Å²) in [6.07, 6.45) is 2.57. The highest BCUT2D eigenvalue weighted by Crippen LogP contribution is 2.31. The van der Waals surface area contributed by atoms with Crippen molar-refractivity contribution in [2.24, 2.45) is 0 Å². The molecule has 1 atom stereocenters. The SMILES string of the molecule is CC[C@@H](C(=O)Nc1c(-c2ccc(F)cc2)nc2cc(C)ccn12)c1ccccc1. The lowest BCUT2D eigenvalue weighted by Crippen LogP contribution is -2.22. The van der Waals surface area contributed by atoms with Crippen LogP contribution in [0.15, 0.2) is 72.9 Å². The minimum atomic E-state index is -0.311. The maximum Gasteiger partial charge on any atom is 0.233 e. The van der Waals surface area contributed by atoms with E-state index < -0.39 is 0 Å². The van der Waals surface area contributed by atoms with Crippen LogP contribution in [-0.2, 0) is 4.79 Å². The van der Waals surface area contributed by atoms with Gasteiger partial charge in [0.25, 0.3) is 0 Å². The molecule has 1 N–H and O–H groups in total. The average Bonchev–Trinajstić information content (AvgIpc) is 3.07. The third-order valence-electron chi connectivity index (χ3n) is 5.07. The van der Waals surface area contributed by atoms with Gasteiger partial charge in [0, 0.05) is 11.8 Å². The number of aryl methyl sites for hydroxylation is 1. The molecule has 0 fully saturated rings. The molecule has 0 aliphatic carbocycles. The average molecular weight is 387 g/mol. The molecule has 2 aromatic carbocycles. The van der Waals surface area contributed by atoms with E-state index in [0.717, 1.165) is 22.3 Å². The van der Waals surface area contributed by atoms with Crippen LogP contribution in [0.3, 0.4) is 0 Å². The van der Waals surface area contributed by atoms with Crippen LogP contribution in [0.2, 0.25) is 0 Å². The Morgan fingerprint density at radius 3 is 2.52 bits per heavy atom. The summed E-state index contributed by atoms with van der Waals surface area (Å²) in [5.74, 6) is -0.0854. The highest BCUT2D eigenvalue weighted by atomic mass is 19.1. The van der Waals surface area contributed by atoms with Crippen LogP contribution in [0, 0.1) is 12.7 Å². The molecular weight excluding hydrogens is 365 g/mol. The Hall–Kier alpha value is -3.47. The van der Waals surface area contributed by atoms with E-state index in [1.54, 1.807) is 12.1 Å². The summed E-state index contributed by atoms with van der Waals surface area (Å²) >= 11 is 0. The zero-order valence-corrected chi connectivity index (χ0v) is 16.4. The molecule has 0 bridgehead atoms. The van der Waals surface area contributed by atoms with Crippen molar-refractivity contribution in [3.63, 3.8) is 0 Å². The Kier molecular flexibility index (Phi) is 5.12. The summed E-state index contributed by atoms with van der Waals surface area (Å²) in [7, 11) is 0. The van der Waals surface area contributed by atoms with Crippen molar-refractivity contribution in [1.29, 1.82) is 0 Å². The fraction of sp³-hybridized carbons (Fsp3) is 0.167. The number of fused-ring (bicyclic) bond motifs is 1. The standard InChI is InChI=1S/C24H22FN3O/c1-3-20(17-7-5-4-6-8-17)24(29)27-23-22(18-9-11-19(25)12-10-18)26-21-15-16(2)13-14-28(21)23/h4-15,20H,3H2,1-2H3,(H,27,29)/t20-/m1/s1. The van der Waals surface area contributed by atoms with Gasteiger partial charge in [-0.1, -0.05) is 37.3 Å². The lowest BCUT2D eigenvalue weighted by atomic mass is 9.95. The number of nitrogens with zero attached hydrogens (tertiary/aromatic N) is 2. The fourth-order valence-electron chi connectivity index (χ4n) is 3.54. The number of aromatic nitrogens is 2. The van der Waals surface area contributed by atoms with Gasteiger partial charge in [-0.3, -0.25) is 9.20 Å². The number of anilines is 1. The molecule has 0 aliphatic rings. The highest BCUT2D eigenvalue weighted by Gasteiger charge is 2.22. The second-order valence-corrected chi connectivity index (χ2v) is 7.11. The minimum Gasteiger partial charge on any atom is -0.309 e. The zero-order chi connectivity index (χ0) is 20.4. The third-order valence-corrected chi connectivity index (χ3v) is 5.07. The smallest absolute Gasteiger partial charge is 0.233 e. The van der Waals surface area contributed by atoms with E-state index in [9.17, 15) is 9.18 Å². The van der Waals surface area contributed by atoms with E-state index in [4.69, 9.17) is 4.98 Å². The monoisotopic (exact) mass is 387 g/mol. The van der Waals surface area contributed by atoms with Crippen LogP contribution in [0.1, 0.15) is 30.4 Å². The number of carbonyl (C=O) groups is 1. The van der Waals surface area contributed by atoms with Crippen molar-refractivity contribution in [1.82, 2.24) is 9.38 Å². The molecule has 4 rings (SSSR count). The molecule has 4 nitrogen and oxygen atoms in total. The first-order valence-corrected chi connectivity index (χ1v) is 9.67. The van der Waals surface area contributed by atoms with Crippen LogP contribution in [-0.4, -0.2) is 15.3 Å². The predicted octanol–water partition coefficient (Wildman–Crippen LogP) is 5.58. The lowest BCUT2D eigenvalue weighted by molar-refractivity contribution is -0.117. The predicted molar refractivity (Wildman–Crippen MR) is 113 cm³/mol. The number of imidazole rings is 1. The van der Waals surface area contributed by atoms with Crippen LogP contribution in [0.5, 0.6) is 0 Å². The molecule has 0 unspecified atom stereocenters. The van der Waals surface area contributed by atoms with Crippen molar-refractivity contribution in [3.05, 3.63) is 89.9 Å². The third kappa shape index (κ3) is 3.76. The number of rotatable bonds is 5. The molecule has 1 amide bonds. The second-order valence-electron chi connectivity index (χ2n) is 7.11. The molecule has 29 heavy (non-hydrogen) atoms. The maximum atomic E-state index is 13.4. The number of carbonyl (C=O) groups excluding carboxylic acids is 1. The number of pyridine rings is 1. The molecule has 0 radical (unpaired) electrons. The molecular formula is C24H22FN3O. The minimum absolute atomic E-state index is 0.0931. The molecule has 0 spiro atoms. The van der Waals surface area contributed by atoms with Gasteiger partial charge in [0.2, 0.25) is 5.91 Å². The molecule has 0 aliphatic heterocycles. The quantitative estimate of drug-likeness (QED) is 0.486. The van der Waals surface area contributed by atoms with E-state index in [2.05, 4.69) is 5.32 Å². The van der Waals surface area contributed by atoms with Gasteiger partial charge in [-0.15, -0.1) is 0 Å². The van der Waals surface area contributed by atoms with Gasteiger partial charge in [0.1, 0.15) is 23.0 Å². The summed E-state index contributed by atoms with van der Waals surface area (Å²) in [5.41, 5.74) is 4.14. The molecule has 146 valence electrons. The van der Waals surface area contributed by atoms with Gasteiger partial charge in [-0.05, 0) is 60.9 Å². The van der Waals surface area contributed by atoms with E-state index in [1.807, 2.05) is 66.9 Å². The Bertz CT molecular complexity index is 1150. The first-order valence-electron chi connectivity index (χ1n) is 9.67. The van der Waals surface area contributed by atoms with Gasteiger partial charge in [0.05, 0.1) is 5.92 Å². The van der Waals surface area contributed by atoms with Crippen molar-refractivity contribution >= 4 is 17.4 Å². The fourth-order valence-corrected chi connectivity index (χ4v) is 3.54. The molecule has 0 saturated heterocycles. The summed E-state index contributed by atoms with van der Waals surface area (Å²) in [6.45, 7) is 3.99. The summed E-state index contributed by atoms with van der Waals surface area (Å²) in [5, 5.41) is 3.08. The number of hydrogen-bond donors (Lipinski definition) is 1. The van der Waals surface area contributed by atoms with Crippen molar-refractivity contribution in [3.8, 4) is 11.3 Å². The van der Waals surface area contributed by atoms with E-state index in [1.165, 1.54) is 12.1 Å². The molecule has 0 saturated carbocycles. The molecule has 5 heteroatoms. The van der Waals surface area contributed by atoms with E-state index in [0.29, 0.717) is 17.9 Å². The zero-order valence-electron chi connectivity index (χ0n) is 16.4. The van der Waals surface area contributed by atoms with Crippen LogP contribution in [0.4, 0.5) is 10.2 Å². The van der Waals surface area contributed by atoms with Gasteiger partial charge in [-0.25, -0.2) is 9.37 Å². The molecule has 2 aromatic heterocycles. The second kappa shape index (κ2) is 7.87. The largest absolute Gasteiger partial charge is 0.309 e. The number of halogens is 1. The van der Waals surface area contributed by atoms with Crippen LogP contribution >= 0.6 is 0 Å². The first kappa shape index (κ1) is 18.9. The number of benzene rings is 2. The topological polar surface area (TPSA) is 46.4 Å². The Morgan fingerprint density at radius 1 is 1.10 bits per heavy atom. The van der Waals surface area contributed by atoms with Gasteiger partial charge in [-0.2, -0.15) is 0 Å². The number of amides is 1. The summed E-state index contributed by atoms with van der Waals surface area (Å²) < 4.78 is 15.3. The van der Waals surface area contributed by atoms with Gasteiger partial charge >= 0.3 is 0 Å². The summed E-state index contributed by atoms with van der Waals surface area (Å²) in [6, 6.07) is 19.8. The number of hydrogen-bond acceptors (Lipinski definition) is 2. The number of nitrogens with one attached hydrogen (secondary N) is 1. The maximum absolute atomic E-state index is 13.4. The lowest BCUT2D eigenvalue weighted by Gasteiger charge is -2.16. The summed E-state index contributed by atoms with van der Waals surface area (Å²) in [4.78, 5) is 17.9. The molecule has 2 heterocycles. The van der Waals surface area contributed by atoms with Crippen LogP contribution < -0.4 is 5.32 Å². The first-order chi connectivity index (χ1) is 14.1. The van der Waals surface area contributed by atoms with Gasteiger partial charge in [0.15, 0.2) is 0 Å². The van der Waals surface area contributed by atoms with Gasteiger partial charge < -0.3 is 5.32 Å². The van der Waals surface area contributed by atoms with Crippen molar-refractivity contribution in [2.75, 3.05) is 5.32 Å². The van der Waals surface area contributed by atoms with Crippen LogP contribution in [0.25, 0.3) is 16.9 Å². The normalized spacial score (nSPS) is 12.1. The van der Waals surface area contributed by atoms with Crippen molar-refractivity contribution in [2.45, 2.75) is 26.2 Å². The Morgan fingerprint density at radius 2 is 1.83 bits per heavy atom. The van der Waals surface area contributed by atoms with Crippen molar-refractivity contribution < 1.29 is 9.18 Å². The van der Waals surface area contributed by atoms with E-state index in [-0.39, 0.29) is 17.6 Å². The van der Waals surface area contributed by atoms with E-state index >= 15 is 0 Å². The molecule has 4 aromatic rings. The Labute approximate surface area is 169 Å².